The zero-order valence-electron chi connectivity index (χ0n) is 12.1. The van der Waals surface area contributed by atoms with E-state index < -0.39 is 9.84 Å². The Bertz CT molecular complexity index is 751. The van der Waals surface area contributed by atoms with Crippen molar-refractivity contribution in [2.45, 2.75) is 13.0 Å². The third kappa shape index (κ3) is 4.26. The molecular formula is C15H18N2O3S. The van der Waals surface area contributed by atoms with Gasteiger partial charge in [0.1, 0.15) is 9.84 Å². The largest absolute Gasteiger partial charge is 0.341 e. The molecule has 0 spiro atoms. The van der Waals surface area contributed by atoms with Crippen LogP contribution in [0.25, 0.3) is 10.8 Å². The SMILES string of the molecule is CN(Cc1cccc2cnccc12)C(=O)CCS(C)(=O)=O. The van der Waals surface area contributed by atoms with Gasteiger partial charge in [0.2, 0.25) is 5.91 Å². The first-order valence-corrected chi connectivity index (χ1v) is 8.66. The summed E-state index contributed by atoms with van der Waals surface area (Å²) in [7, 11) is -1.43. The summed E-state index contributed by atoms with van der Waals surface area (Å²) in [5.41, 5.74) is 1.02. The lowest BCUT2D eigenvalue weighted by Gasteiger charge is -2.18. The van der Waals surface area contributed by atoms with E-state index in [1.807, 2.05) is 24.3 Å². The number of pyridine rings is 1. The van der Waals surface area contributed by atoms with Crippen LogP contribution in [-0.2, 0) is 21.2 Å². The van der Waals surface area contributed by atoms with E-state index in [0.717, 1.165) is 22.6 Å². The summed E-state index contributed by atoms with van der Waals surface area (Å²) in [6, 6.07) is 7.77. The van der Waals surface area contributed by atoms with Gasteiger partial charge in [0.15, 0.2) is 0 Å². The number of rotatable bonds is 5. The fourth-order valence-corrected chi connectivity index (χ4v) is 2.68. The highest BCUT2D eigenvalue weighted by Crippen LogP contribution is 2.18. The molecular weight excluding hydrogens is 288 g/mol. The lowest BCUT2D eigenvalue weighted by atomic mass is 10.1. The first-order valence-electron chi connectivity index (χ1n) is 6.60. The third-order valence-electron chi connectivity index (χ3n) is 3.29. The topological polar surface area (TPSA) is 67.3 Å². The Hall–Kier alpha value is -1.95. The van der Waals surface area contributed by atoms with Gasteiger partial charge in [-0.05, 0) is 17.0 Å². The molecule has 0 saturated carbocycles. The minimum absolute atomic E-state index is 0.0155. The Labute approximate surface area is 124 Å². The Kier molecular flexibility index (Phi) is 4.57. The van der Waals surface area contributed by atoms with Crippen LogP contribution < -0.4 is 0 Å². The molecule has 0 N–H and O–H groups in total. The molecule has 1 aromatic heterocycles. The second-order valence-electron chi connectivity index (χ2n) is 5.14. The van der Waals surface area contributed by atoms with Crippen molar-refractivity contribution in [1.82, 2.24) is 9.88 Å². The molecule has 0 atom stereocenters. The molecule has 0 radical (unpaired) electrons. The van der Waals surface area contributed by atoms with Crippen LogP contribution in [0.3, 0.4) is 0 Å². The average molecular weight is 306 g/mol. The van der Waals surface area contributed by atoms with Gasteiger partial charge in [-0.25, -0.2) is 8.42 Å². The number of benzene rings is 1. The van der Waals surface area contributed by atoms with Crippen LogP contribution in [-0.4, -0.2) is 43.3 Å². The van der Waals surface area contributed by atoms with Crippen LogP contribution >= 0.6 is 0 Å². The molecule has 2 aromatic rings. The quantitative estimate of drug-likeness (QED) is 0.842. The lowest BCUT2D eigenvalue weighted by Crippen LogP contribution is -2.27. The number of hydrogen-bond donors (Lipinski definition) is 0. The van der Waals surface area contributed by atoms with Crippen molar-refractivity contribution in [1.29, 1.82) is 0 Å². The molecule has 0 fully saturated rings. The molecule has 0 saturated heterocycles. The molecule has 112 valence electrons. The van der Waals surface area contributed by atoms with E-state index in [0.29, 0.717) is 6.54 Å². The van der Waals surface area contributed by atoms with Crippen molar-refractivity contribution < 1.29 is 13.2 Å². The van der Waals surface area contributed by atoms with Crippen LogP contribution in [0.15, 0.2) is 36.7 Å². The van der Waals surface area contributed by atoms with Crippen LogP contribution in [0.2, 0.25) is 0 Å². The normalized spacial score (nSPS) is 11.5. The van der Waals surface area contributed by atoms with Gasteiger partial charge < -0.3 is 4.90 Å². The van der Waals surface area contributed by atoms with E-state index >= 15 is 0 Å². The van der Waals surface area contributed by atoms with Gasteiger partial charge in [-0.1, -0.05) is 18.2 Å². The molecule has 0 bridgehead atoms. The highest BCUT2D eigenvalue weighted by Gasteiger charge is 2.13. The molecule has 0 aliphatic carbocycles. The molecule has 2 rings (SSSR count). The maximum Gasteiger partial charge on any atom is 0.223 e. The number of hydrogen-bond acceptors (Lipinski definition) is 4. The first kappa shape index (κ1) is 15.4. The minimum Gasteiger partial charge on any atom is -0.341 e. The molecule has 5 nitrogen and oxygen atoms in total. The molecule has 1 heterocycles. The third-order valence-corrected chi connectivity index (χ3v) is 4.24. The number of amides is 1. The number of aromatic nitrogens is 1. The average Bonchev–Trinajstić information content (AvgIpc) is 2.44. The van der Waals surface area contributed by atoms with E-state index in [-0.39, 0.29) is 18.1 Å². The van der Waals surface area contributed by atoms with E-state index in [2.05, 4.69) is 4.98 Å². The van der Waals surface area contributed by atoms with Crippen LogP contribution in [0.1, 0.15) is 12.0 Å². The highest BCUT2D eigenvalue weighted by molar-refractivity contribution is 7.90. The molecule has 0 aliphatic rings. The zero-order chi connectivity index (χ0) is 15.5. The molecule has 1 amide bonds. The predicted molar refractivity (Wildman–Crippen MR) is 82.5 cm³/mol. The minimum atomic E-state index is -3.12. The smallest absolute Gasteiger partial charge is 0.223 e. The first-order chi connectivity index (χ1) is 9.87. The van der Waals surface area contributed by atoms with E-state index in [1.165, 1.54) is 0 Å². The summed E-state index contributed by atoms with van der Waals surface area (Å²) in [6.45, 7) is 0.448. The van der Waals surface area contributed by atoms with Crippen LogP contribution in [0.5, 0.6) is 0 Å². The van der Waals surface area contributed by atoms with Crippen molar-refractivity contribution in [3.63, 3.8) is 0 Å². The van der Waals surface area contributed by atoms with Crippen molar-refractivity contribution in [2.24, 2.45) is 0 Å². The molecule has 1 aromatic carbocycles. The van der Waals surface area contributed by atoms with E-state index in [1.54, 1.807) is 24.3 Å². The van der Waals surface area contributed by atoms with Crippen molar-refractivity contribution in [3.05, 3.63) is 42.2 Å². The lowest BCUT2D eigenvalue weighted by molar-refractivity contribution is -0.129. The summed E-state index contributed by atoms with van der Waals surface area (Å²) in [5.74, 6) is -0.290. The Morgan fingerprint density at radius 2 is 2.05 bits per heavy atom. The Morgan fingerprint density at radius 3 is 2.76 bits per heavy atom. The molecule has 0 aliphatic heterocycles. The van der Waals surface area contributed by atoms with Gasteiger partial charge >= 0.3 is 0 Å². The fraction of sp³-hybridized carbons (Fsp3) is 0.333. The van der Waals surface area contributed by atoms with Crippen molar-refractivity contribution >= 4 is 26.5 Å². The number of fused-ring (bicyclic) bond motifs is 1. The summed E-state index contributed by atoms with van der Waals surface area (Å²) in [5, 5.41) is 2.07. The van der Waals surface area contributed by atoms with Crippen molar-refractivity contribution in [3.8, 4) is 0 Å². The maximum atomic E-state index is 12.0. The van der Waals surface area contributed by atoms with Gasteiger partial charge in [0.25, 0.3) is 0 Å². The summed E-state index contributed by atoms with van der Waals surface area (Å²) in [4.78, 5) is 17.6. The predicted octanol–water partition coefficient (Wildman–Crippen LogP) is 1.63. The van der Waals surface area contributed by atoms with Gasteiger partial charge in [0.05, 0.1) is 5.75 Å². The summed E-state index contributed by atoms with van der Waals surface area (Å²) < 4.78 is 22.2. The second kappa shape index (κ2) is 6.22. The van der Waals surface area contributed by atoms with Gasteiger partial charge in [-0.3, -0.25) is 9.78 Å². The molecule has 6 heteroatoms. The number of carbonyl (C=O) groups excluding carboxylic acids is 1. The standard InChI is InChI=1S/C15H18N2O3S/c1-17(15(18)7-9-21(2,19)20)11-13-5-3-4-12-10-16-8-6-14(12)13/h3-6,8,10H,7,9,11H2,1-2H3. The van der Waals surface area contributed by atoms with Gasteiger partial charge in [0, 0.05) is 44.0 Å². The Morgan fingerprint density at radius 1 is 1.29 bits per heavy atom. The second-order valence-corrected chi connectivity index (χ2v) is 7.40. The summed E-state index contributed by atoms with van der Waals surface area (Å²) >= 11 is 0. The summed E-state index contributed by atoms with van der Waals surface area (Å²) in [6.07, 6.45) is 4.65. The molecule has 0 unspecified atom stereocenters. The zero-order valence-corrected chi connectivity index (χ0v) is 12.9. The molecule has 21 heavy (non-hydrogen) atoms. The maximum absolute atomic E-state index is 12.0. The van der Waals surface area contributed by atoms with Gasteiger partial charge in [-0.15, -0.1) is 0 Å². The highest BCUT2D eigenvalue weighted by atomic mass is 32.2. The van der Waals surface area contributed by atoms with E-state index in [9.17, 15) is 13.2 Å². The van der Waals surface area contributed by atoms with Crippen LogP contribution in [0.4, 0.5) is 0 Å². The number of nitrogens with zero attached hydrogens (tertiary/aromatic N) is 2. The fourth-order valence-electron chi connectivity index (χ4n) is 2.13. The Balaban J connectivity index is 2.11. The van der Waals surface area contributed by atoms with Crippen LogP contribution in [0, 0.1) is 0 Å². The van der Waals surface area contributed by atoms with Gasteiger partial charge in [-0.2, -0.15) is 0 Å². The monoisotopic (exact) mass is 306 g/mol. The number of carbonyl (C=O) groups is 1. The number of sulfone groups is 1. The van der Waals surface area contributed by atoms with E-state index in [4.69, 9.17) is 0 Å². The van der Waals surface area contributed by atoms with Crippen molar-refractivity contribution in [2.75, 3.05) is 19.1 Å².